The van der Waals surface area contributed by atoms with Crippen molar-refractivity contribution >= 4 is 16.7 Å². The Kier molecular flexibility index (Phi) is 3.96. The van der Waals surface area contributed by atoms with E-state index in [0.29, 0.717) is 5.52 Å². The molecule has 1 aromatic carbocycles. The molecule has 0 saturated heterocycles. The van der Waals surface area contributed by atoms with Crippen molar-refractivity contribution in [3.63, 3.8) is 0 Å². The van der Waals surface area contributed by atoms with Crippen molar-refractivity contribution in [1.82, 2.24) is 15.0 Å². The van der Waals surface area contributed by atoms with Gasteiger partial charge in [-0.3, -0.25) is 9.97 Å². The van der Waals surface area contributed by atoms with Crippen LogP contribution in [0.25, 0.3) is 10.9 Å². The van der Waals surface area contributed by atoms with E-state index in [1.165, 1.54) is 0 Å². The van der Waals surface area contributed by atoms with Crippen LogP contribution in [0.15, 0.2) is 79.4 Å². The third kappa shape index (κ3) is 2.99. The second-order valence-electron chi connectivity index (χ2n) is 5.65. The fourth-order valence-corrected chi connectivity index (χ4v) is 2.87. The van der Waals surface area contributed by atoms with Crippen LogP contribution in [0, 0.1) is 0 Å². The summed E-state index contributed by atoms with van der Waals surface area (Å²) < 4.78 is 0. The largest absolute Gasteiger partial charge is 0.505 e. The Bertz CT molecular complexity index is 990. The SMILES string of the molecule is Oc1c([C@H](Nc2ccccn2)c2ccncc2)ccc2cccnc12. The van der Waals surface area contributed by atoms with Crippen molar-refractivity contribution in [2.24, 2.45) is 0 Å². The molecule has 2 N–H and O–H groups in total. The van der Waals surface area contributed by atoms with Gasteiger partial charge in [0.1, 0.15) is 17.1 Å². The number of nitrogens with one attached hydrogen (secondary N) is 1. The number of hydrogen-bond donors (Lipinski definition) is 2. The Morgan fingerprint density at radius 1 is 0.800 bits per heavy atom. The summed E-state index contributed by atoms with van der Waals surface area (Å²) in [6.45, 7) is 0. The van der Waals surface area contributed by atoms with Crippen LogP contribution in [0.2, 0.25) is 0 Å². The molecule has 0 aliphatic carbocycles. The number of pyridine rings is 3. The molecule has 25 heavy (non-hydrogen) atoms. The van der Waals surface area contributed by atoms with Crippen molar-refractivity contribution in [1.29, 1.82) is 0 Å². The van der Waals surface area contributed by atoms with Gasteiger partial charge in [-0.05, 0) is 35.9 Å². The Morgan fingerprint density at radius 2 is 1.64 bits per heavy atom. The van der Waals surface area contributed by atoms with Crippen LogP contribution in [0.5, 0.6) is 5.75 Å². The first-order chi connectivity index (χ1) is 12.3. The van der Waals surface area contributed by atoms with Gasteiger partial charge in [0.2, 0.25) is 0 Å². The van der Waals surface area contributed by atoms with Gasteiger partial charge in [-0.2, -0.15) is 0 Å². The molecule has 0 bridgehead atoms. The molecule has 122 valence electrons. The minimum absolute atomic E-state index is 0.170. The molecular formula is C20H16N4O. The van der Waals surface area contributed by atoms with Gasteiger partial charge in [-0.25, -0.2) is 4.98 Å². The van der Waals surface area contributed by atoms with Crippen LogP contribution < -0.4 is 5.32 Å². The molecule has 0 fully saturated rings. The lowest BCUT2D eigenvalue weighted by Crippen LogP contribution is -2.13. The molecule has 1 atom stereocenters. The molecule has 0 aliphatic heterocycles. The summed E-state index contributed by atoms with van der Waals surface area (Å²) in [5.41, 5.74) is 2.30. The smallest absolute Gasteiger partial charge is 0.147 e. The van der Waals surface area contributed by atoms with Gasteiger partial charge in [0.25, 0.3) is 0 Å². The summed E-state index contributed by atoms with van der Waals surface area (Å²) in [5.74, 6) is 0.896. The molecule has 5 heteroatoms. The zero-order chi connectivity index (χ0) is 17.1. The normalized spacial score (nSPS) is 12.0. The average molecular weight is 328 g/mol. The average Bonchev–Trinajstić information content (AvgIpc) is 2.69. The second kappa shape index (κ2) is 6.57. The summed E-state index contributed by atoms with van der Waals surface area (Å²) in [6.07, 6.45) is 6.88. The molecule has 0 aliphatic rings. The molecule has 0 saturated carbocycles. The van der Waals surface area contributed by atoms with Crippen molar-refractivity contribution in [2.75, 3.05) is 5.32 Å². The zero-order valence-electron chi connectivity index (χ0n) is 13.4. The molecule has 0 spiro atoms. The number of nitrogens with zero attached hydrogens (tertiary/aromatic N) is 3. The Hall–Kier alpha value is -3.47. The van der Waals surface area contributed by atoms with Gasteiger partial charge in [0.05, 0.1) is 6.04 Å². The fraction of sp³-hybridized carbons (Fsp3) is 0.0500. The standard InChI is InChI=1S/C20H16N4O/c25-20-16(7-6-14-4-3-11-23-19(14)20)18(15-8-12-21-13-9-15)24-17-5-1-2-10-22-17/h1-13,18,25H,(H,22,24)/t18-/m1/s1. The Balaban J connectivity index is 1.85. The number of benzene rings is 1. The van der Waals surface area contributed by atoms with Crippen molar-refractivity contribution in [2.45, 2.75) is 6.04 Å². The summed E-state index contributed by atoms with van der Waals surface area (Å²) >= 11 is 0. The highest BCUT2D eigenvalue weighted by Gasteiger charge is 2.20. The number of anilines is 1. The zero-order valence-corrected chi connectivity index (χ0v) is 13.4. The van der Waals surface area contributed by atoms with Crippen LogP contribution in [-0.2, 0) is 0 Å². The molecule has 0 radical (unpaired) electrons. The molecule has 3 heterocycles. The molecule has 5 nitrogen and oxygen atoms in total. The number of phenols is 1. The fourth-order valence-electron chi connectivity index (χ4n) is 2.87. The molecule has 4 rings (SSSR count). The third-order valence-corrected chi connectivity index (χ3v) is 4.09. The van der Waals surface area contributed by atoms with Crippen LogP contribution in [0.1, 0.15) is 17.2 Å². The monoisotopic (exact) mass is 328 g/mol. The van der Waals surface area contributed by atoms with E-state index in [0.717, 1.165) is 22.3 Å². The highest BCUT2D eigenvalue weighted by Crippen LogP contribution is 2.35. The van der Waals surface area contributed by atoms with Crippen molar-refractivity contribution in [3.05, 3.63) is 90.5 Å². The highest BCUT2D eigenvalue weighted by atomic mass is 16.3. The van der Waals surface area contributed by atoms with Crippen molar-refractivity contribution < 1.29 is 5.11 Å². The number of phenolic OH excluding ortho intramolecular Hbond substituents is 1. The van der Waals surface area contributed by atoms with E-state index >= 15 is 0 Å². The second-order valence-corrected chi connectivity index (χ2v) is 5.65. The van der Waals surface area contributed by atoms with Gasteiger partial charge in [-0.1, -0.05) is 24.3 Å². The number of aromatic hydroxyl groups is 1. The number of rotatable bonds is 4. The Labute approximate surface area is 145 Å². The minimum Gasteiger partial charge on any atom is -0.505 e. The van der Waals surface area contributed by atoms with Crippen molar-refractivity contribution in [3.8, 4) is 5.75 Å². The van der Waals surface area contributed by atoms with Gasteiger partial charge < -0.3 is 10.4 Å². The number of hydrogen-bond acceptors (Lipinski definition) is 5. The van der Waals surface area contributed by atoms with Gasteiger partial charge >= 0.3 is 0 Å². The third-order valence-electron chi connectivity index (χ3n) is 4.09. The maximum absolute atomic E-state index is 10.8. The van der Waals surface area contributed by atoms with Gasteiger partial charge in [0.15, 0.2) is 0 Å². The lowest BCUT2D eigenvalue weighted by molar-refractivity contribution is 0.471. The van der Waals surface area contributed by atoms with E-state index in [1.54, 1.807) is 24.8 Å². The summed E-state index contributed by atoms with van der Waals surface area (Å²) in [5, 5.41) is 15.1. The van der Waals surface area contributed by atoms with E-state index in [4.69, 9.17) is 0 Å². The summed E-state index contributed by atoms with van der Waals surface area (Å²) in [7, 11) is 0. The highest BCUT2D eigenvalue weighted by molar-refractivity contribution is 5.85. The molecule has 3 aromatic heterocycles. The number of fused-ring (bicyclic) bond motifs is 1. The Morgan fingerprint density at radius 3 is 2.44 bits per heavy atom. The summed E-state index contributed by atoms with van der Waals surface area (Å²) in [6, 6.07) is 16.9. The topological polar surface area (TPSA) is 70.9 Å². The summed E-state index contributed by atoms with van der Waals surface area (Å²) in [4.78, 5) is 12.7. The van der Waals surface area contributed by atoms with Gasteiger partial charge in [0, 0.05) is 35.7 Å². The quantitative estimate of drug-likeness (QED) is 0.594. The van der Waals surface area contributed by atoms with E-state index < -0.39 is 0 Å². The first kappa shape index (κ1) is 15.1. The number of aromatic nitrogens is 3. The van der Waals surface area contributed by atoms with E-state index in [2.05, 4.69) is 20.3 Å². The maximum Gasteiger partial charge on any atom is 0.147 e. The molecule has 0 unspecified atom stereocenters. The van der Waals surface area contributed by atoms with Crippen LogP contribution in [-0.4, -0.2) is 20.1 Å². The molecule has 0 amide bonds. The van der Waals surface area contributed by atoms with Gasteiger partial charge in [-0.15, -0.1) is 0 Å². The van der Waals surface area contributed by atoms with Crippen LogP contribution in [0.3, 0.4) is 0 Å². The lowest BCUT2D eigenvalue weighted by atomic mass is 9.97. The molecule has 4 aromatic rings. The maximum atomic E-state index is 10.8. The van der Waals surface area contributed by atoms with E-state index in [9.17, 15) is 5.11 Å². The van der Waals surface area contributed by atoms with Crippen LogP contribution in [0.4, 0.5) is 5.82 Å². The minimum atomic E-state index is -0.274. The van der Waals surface area contributed by atoms with E-state index in [1.807, 2.05) is 54.6 Å². The molecular weight excluding hydrogens is 312 g/mol. The predicted octanol–water partition coefficient (Wildman–Crippen LogP) is 3.93. The predicted molar refractivity (Wildman–Crippen MR) is 97.3 cm³/mol. The first-order valence-electron chi connectivity index (χ1n) is 7.97. The first-order valence-corrected chi connectivity index (χ1v) is 7.97. The lowest BCUT2D eigenvalue weighted by Gasteiger charge is -2.21. The van der Waals surface area contributed by atoms with E-state index in [-0.39, 0.29) is 11.8 Å². The van der Waals surface area contributed by atoms with Crippen LogP contribution >= 0.6 is 0 Å².